The van der Waals surface area contributed by atoms with Gasteiger partial charge in [0.05, 0.1) is 5.56 Å². The molecule has 0 aliphatic heterocycles. The van der Waals surface area contributed by atoms with Crippen LogP contribution in [0.2, 0.25) is 0 Å². The summed E-state index contributed by atoms with van der Waals surface area (Å²) in [5.74, 6) is -0.108. The SMILES string of the molecule is Cc1cc(C)nc(Sc2ccc(NC(=O)c3ccccc3I)cc2)n1. The monoisotopic (exact) mass is 461 g/mol. The molecule has 0 atom stereocenters. The van der Waals surface area contributed by atoms with Gasteiger partial charge in [0.25, 0.3) is 5.91 Å². The number of hydrogen-bond acceptors (Lipinski definition) is 4. The van der Waals surface area contributed by atoms with Gasteiger partial charge in [-0.2, -0.15) is 0 Å². The Balaban J connectivity index is 1.70. The van der Waals surface area contributed by atoms with E-state index in [0.29, 0.717) is 5.56 Å². The summed E-state index contributed by atoms with van der Waals surface area (Å²) in [6.07, 6.45) is 0. The summed E-state index contributed by atoms with van der Waals surface area (Å²) in [7, 11) is 0. The number of amides is 1. The molecule has 4 nitrogen and oxygen atoms in total. The number of aryl methyl sites for hydroxylation is 2. The van der Waals surface area contributed by atoms with Gasteiger partial charge in [0.1, 0.15) is 0 Å². The Bertz CT molecular complexity index is 893. The van der Waals surface area contributed by atoms with Gasteiger partial charge < -0.3 is 5.32 Å². The minimum absolute atomic E-state index is 0.108. The quantitative estimate of drug-likeness (QED) is 0.434. The highest BCUT2D eigenvalue weighted by atomic mass is 127. The lowest BCUT2D eigenvalue weighted by Gasteiger charge is -2.08. The number of hydrogen-bond donors (Lipinski definition) is 1. The Kier molecular flexibility index (Phi) is 5.70. The standard InChI is InChI=1S/C19H16IN3OS/c1-12-11-13(2)22-19(21-12)25-15-9-7-14(8-10-15)23-18(24)16-5-3-4-6-17(16)20/h3-11H,1-2H3,(H,23,24). The van der Waals surface area contributed by atoms with Gasteiger partial charge in [-0.3, -0.25) is 4.79 Å². The molecule has 1 amide bonds. The summed E-state index contributed by atoms with van der Waals surface area (Å²) in [6, 6.07) is 17.2. The predicted octanol–water partition coefficient (Wildman–Crippen LogP) is 5.10. The molecule has 0 bridgehead atoms. The van der Waals surface area contributed by atoms with E-state index in [1.54, 1.807) is 0 Å². The maximum absolute atomic E-state index is 12.3. The van der Waals surface area contributed by atoms with Crippen LogP contribution in [0.5, 0.6) is 0 Å². The molecule has 6 heteroatoms. The Morgan fingerprint density at radius 3 is 2.28 bits per heavy atom. The first-order chi connectivity index (χ1) is 12.0. The zero-order valence-electron chi connectivity index (χ0n) is 13.8. The highest BCUT2D eigenvalue weighted by Gasteiger charge is 2.09. The molecule has 2 aromatic carbocycles. The van der Waals surface area contributed by atoms with Crippen molar-refractivity contribution in [1.29, 1.82) is 0 Å². The van der Waals surface area contributed by atoms with Crippen molar-refractivity contribution < 1.29 is 4.79 Å². The summed E-state index contributed by atoms with van der Waals surface area (Å²) >= 11 is 3.67. The fourth-order valence-corrected chi connectivity index (χ4v) is 3.79. The molecule has 0 unspecified atom stereocenters. The number of halogens is 1. The molecule has 0 aliphatic rings. The fourth-order valence-electron chi connectivity index (χ4n) is 2.29. The summed E-state index contributed by atoms with van der Waals surface area (Å²) in [6.45, 7) is 3.92. The third-order valence-corrected chi connectivity index (χ3v) is 5.22. The smallest absolute Gasteiger partial charge is 0.256 e. The molecule has 25 heavy (non-hydrogen) atoms. The Labute approximate surface area is 164 Å². The molecular weight excluding hydrogens is 445 g/mol. The predicted molar refractivity (Wildman–Crippen MR) is 109 cm³/mol. The number of rotatable bonds is 4. The van der Waals surface area contributed by atoms with Crippen molar-refractivity contribution in [3.8, 4) is 0 Å². The van der Waals surface area contributed by atoms with Crippen LogP contribution < -0.4 is 5.32 Å². The Hall–Kier alpha value is -1.93. The topological polar surface area (TPSA) is 54.9 Å². The van der Waals surface area contributed by atoms with Gasteiger partial charge in [-0.15, -0.1) is 0 Å². The molecule has 126 valence electrons. The van der Waals surface area contributed by atoms with Crippen LogP contribution in [0, 0.1) is 17.4 Å². The largest absolute Gasteiger partial charge is 0.322 e. The van der Waals surface area contributed by atoms with E-state index in [-0.39, 0.29) is 5.91 Å². The molecule has 3 rings (SSSR count). The number of benzene rings is 2. The van der Waals surface area contributed by atoms with Crippen molar-refractivity contribution in [1.82, 2.24) is 9.97 Å². The molecule has 0 fully saturated rings. The van der Waals surface area contributed by atoms with Gasteiger partial charge in [0, 0.05) is 25.5 Å². The molecule has 1 heterocycles. The van der Waals surface area contributed by atoms with Gasteiger partial charge in [-0.25, -0.2) is 9.97 Å². The van der Waals surface area contributed by atoms with Crippen LogP contribution in [0.15, 0.2) is 64.6 Å². The van der Waals surface area contributed by atoms with Crippen LogP contribution in [0.25, 0.3) is 0 Å². The van der Waals surface area contributed by atoms with Crippen molar-refractivity contribution >= 4 is 45.9 Å². The van der Waals surface area contributed by atoms with E-state index in [9.17, 15) is 4.79 Å². The molecule has 0 radical (unpaired) electrons. The average molecular weight is 461 g/mol. The lowest BCUT2D eigenvalue weighted by molar-refractivity contribution is 0.102. The van der Waals surface area contributed by atoms with Crippen LogP contribution in [0.4, 0.5) is 5.69 Å². The first-order valence-electron chi connectivity index (χ1n) is 7.67. The first-order valence-corrected chi connectivity index (χ1v) is 9.57. The normalized spacial score (nSPS) is 10.5. The highest BCUT2D eigenvalue weighted by Crippen LogP contribution is 2.26. The molecule has 0 spiro atoms. The zero-order valence-corrected chi connectivity index (χ0v) is 16.8. The molecule has 0 saturated carbocycles. The van der Waals surface area contributed by atoms with Crippen molar-refractivity contribution in [3.63, 3.8) is 0 Å². The van der Waals surface area contributed by atoms with Crippen LogP contribution in [0.3, 0.4) is 0 Å². The van der Waals surface area contributed by atoms with E-state index in [4.69, 9.17) is 0 Å². The number of nitrogens with zero attached hydrogens (tertiary/aromatic N) is 2. The molecule has 0 saturated heterocycles. The van der Waals surface area contributed by atoms with Gasteiger partial charge in [-0.1, -0.05) is 12.1 Å². The number of carbonyl (C=O) groups excluding carboxylic acids is 1. The second-order valence-electron chi connectivity index (χ2n) is 5.49. The number of aromatic nitrogens is 2. The van der Waals surface area contributed by atoms with Crippen LogP contribution in [-0.2, 0) is 0 Å². The molecule has 1 aromatic heterocycles. The summed E-state index contributed by atoms with van der Waals surface area (Å²) in [5.41, 5.74) is 3.34. The Morgan fingerprint density at radius 2 is 1.64 bits per heavy atom. The van der Waals surface area contributed by atoms with Gasteiger partial charge in [-0.05, 0) is 90.7 Å². The van der Waals surface area contributed by atoms with Gasteiger partial charge in [0.15, 0.2) is 5.16 Å². The lowest BCUT2D eigenvalue weighted by atomic mass is 10.2. The molecule has 3 aromatic rings. The second-order valence-corrected chi connectivity index (χ2v) is 7.70. The van der Waals surface area contributed by atoms with E-state index in [2.05, 4.69) is 37.9 Å². The Morgan fingerprint density at radius 1 is 1.00 bits per heavy atom. The minimum Gasteiger partial charge on any atom is -0.322 e. The van der Waals surface area contributed by atoms with E-state index in [0.717, 1.165) is 30.7 Å². The van der Waals surface area contributed by atoms with Crippen molar-refractivity contribution in [2.75, 3.05) is 5.32 Å². The number of nitrogens with one attached hydrogen (secondary N) is 1. The summed E-state index contributed by atoms with van der Waals surface area (Å²) in [4.78, 5) is 22.2. The fraction of sp³-hybridized carbons (Fsp3) is 0.105. The van der Waals surface area contributed by atoms with E-state index < -0.39 is 0 Å². The maximum Gasteiger partial charge on any atom is 0.256 e. The van der Waals surface area contributed by atoms with Crippen molar-refractivity contribution in [2.45, 2.75) is 23.9 Å². The zero-order chi connectivity index (χ0) is 17.8. The average Bonchev–Trinajstić information content (AvgIpc) is 2.56. The third kappa shape index (κ3) is 4.79. The van der Waals surface area contributed by atoms with Gasteiger partial charge >= 0.3 is 0 Å². The van der Waals surface area contributed by atoms with Crippen molar-refractivity contribution in [3.05, 3.63) is 75.1 Å². The molecular formula is C19H16IN3OS. The minimum atomic E-state index is -0.108. The second kappa shape index (κ2) is 7.97. The summed E-state index contributed by atoms with van der Waals surface area (Å²) < 4.78 is 0.928. The number of anilines is 1. The van der Waals surface area contributed by atoms with Crippen LogP contribution >= 0.6 is 34.4 Å². The first kappa shape index (κ1) is 17.9. The van der Waals surface area contributed by atoms with E-state index in [1.807, 2.05) is 68.4 Å². The third-order valence-electron chi connectivity index (χ3n) is 3.40. The van der Waals surface area contributed by atoms with E-state index in [1.165, 1.54) is 11.8 Å². The summed E-state index contributed by atoms with van der Waals surface area (Å²) in [5, 5.41) is 3.65. The van der Waals surface area contributed by atoms with Gasteiger partial charge in [0.2, 0.25) is 0 Å². The molecule has 1 N–H and O–H groups in total. The number of carbonyl (C=O) groups is 1. The maximum atomic E-state index is 12.3. The molecule has 0 aliphatic carbocycles. The van der Waals surface area contributed by atoms with E-state index >= 15 is 0 Å². The highest BCUT2D eigenvalue weighted by molar-refractivity contribution is 14.1. The van der Waals surface area contributed by atoms with Crippen molar-refractivity contribution in [2.24, 2.45) is 0 Å². The lowest BCUT2D eigenvalue weighted by Crippen LogP contribution is -2.13. The van der Waals surface area contributed by atoms with Crippen LogP contribution in [0.1, 0.15) is 21.7 Å². The van der Waals surface area contributed by atoms with Crippen LogP contribution in [-0.4, -0.2) is 15.9 Å².